The number of terminal acetylenes is 1. The first-order valence-electron chi connectivity index (χ1n) is 11.0. The number of hydrogen-bond donors (Lipinski definition) is 2. The van der Waals surface area contributed by atoms with Crippen LogP contribution in [0.1, 0.15) is 36.3 Å². The lowest BCUT2D eigenvalue weighted by Crippen LogP contribution is -2.50. The van der Waals surface area contributed by atoms with E-state index in [9.17, 15) is 19.5 Å². The van der Waals surface area contributed by atoms with E-state index >= 15 is 0 Å². The standard InChI is InChI=1S/C26H26N2O5/c1-2-7-23(25(31)28(15-24(29)30)14-17-12-13-17)27-26(32)33-16-22-20-10-5-3-8-18(20)19-9-4-6-11-21(19)22/h1,3-6,8-11,17,22-23H,7,12-16H2,(H,27,32)(H,29,30). The van der Waals surface area contributed by atoms with Gasteiger partial charge in [-0.2, -0.15) is 0 Å². The molecule has 0 aliphatic heterocycles. The molecule has 2 N–H and O–H groups in total. The van der Waals surface area contributed by atoms with Crippen molar-refractivity contribution in [3.8, 4) is 23.5 Å². The van der Waals surface area contributed by atoms with E-state index in [1.54, 1.807) is 0 Å². The lowest BCUT2D eigenvalue weighted by Gasteiger charge is -2.26. The Labute approximate surface area is 192 Å². The molecule has 170 valence electrons. The lowest BCUT2D eigenvalue weighted by atomic mass is 9.98. The summed E-state index contributed by atoms with van der Waals surface area (Å²) in [4.78, 5) is 38.0. The van der Waals surface area contributed by atoms with Gasteiger partial charge >= 0.3 is 12.1 Å². The van der Waals surface area contributed by atoms with Gasteiger partial charge in [0.1, 0.15) is 19.2 Å². The highest BCUT2D eigenvalue weighted by Crippen LogP contribution is 2.44. The number of alkyl carbamates (subject to hydrolysis) is 1. The highest BCUT2D eigenvalue weighted by molar-refractivity contribution is 5.88. The fraction of sp³-hybridized carbons (Fsp3) is 0.346. The molecule has 2 aliphatic carbocycles. The average Bonchev–Trinajstić information content (AvgIpc) is 3.57. The Morgan fingerprint density at radius 1 is 1.09 bits per heavy atom. The molecule has 0 bridgehead atoms. The summed E-state index contributed by atoms with van der Waals surface area (Å²) < 4.78 is 5.52. The molecule has 2 aromatic rings. The molecular formula is C26H26N2O5. The number of nitrogens with one attached hydrogen (secondary N) is 1. The van der Waals surface area contributed by atoms with Crippen LogP contribution < -0.4 is 5.32 Å². The molecule has 0 saturated heterocycles. The van der Waals surface area contributed by atoms with Crippen LogP contribution >= 0.6 is 0 Å². The first kappa shape index (κ1) is 22.4. The summed E-state index contributed by atoms with van der Waals surface area (Å²) in [5, 5.41) is 11.7. The molecule has 1 atom stereocenters. The Hall–Kier alpha value is -3.79. The van der Waals surface area contributed by atoms with E-state index in [0.717, 1.165) is 35.1 Å². The minimum atomic E-state index is -1.11. The van der Waals surface area contributed by atoms with Gasteiger partial charge in [0.05, 0.1) is 0 Å². The van der Waals surface area contributed by atoms with Crippen molar-refractivity contribution >= 4 is 18.0 Å². The predicted octanol–water partition coefficient (Wildman–Crippen LogP) is 3.24. The minimum absolute atomic E-state index is 0.0518. The van der Waals surface area contributed by atoms with Crippen molar-refractivity contribution < 1.29 is 24.2 Å². The van der Waals surface area contributed by atoms with Crippen molar-refractivity contribution in [2.75, 3.05) is 19.7 Å². The Morgan fingerprint density at radius 3 is 2.24 bits per heavy atom. The predicted molar refractivity (Wildman–Crippen MR) is 122 cm³/mol. The van der Waals surface area contributed by atoms with Gasteiger partial charge in [0, 0.05) is 18.9 Å². The van der Waals surface area contributed by atoms with Crippen molar-refractivity contribution in [3.05, 3.63) is 59.7 Å². The summed E-state index contributed by atoms with van der Waals surface area (Å²) in [6.07, 6.45) is 6.52. The van der Waals surface area contributed by atoms with Crippen LogP contribution in [0.25, 0.3) is 11.1 Å². The fourth-order valence-electron chi connectivity index (χ4n) is 4.33. The minimum Gasteiger partial charge on any atom is -0.480 e. The molecule has 2 amide bonds. The Morgan fingerprint density at radius 2 is 1.70 bits per heavy atom. The van der Waals surface area contributed by atoms with Gasteiger partial charge in [-0.3, -0.25) is 9.59 Å². The highest BCUT2D eigenvalue weighted by atomic mass is 16.5. The van der Waals surface area contributed by atoms with Crippen LogP contribution in [0.2, 0.25) is 0 Å². The molecule has 1 saturated carbocycles. The quantitative estimate of drug-likeness (QED) is 0.577. The van der Waals surface area contributed by atoms with Gasteiger partial charge in [0.15, 0.2) is 0 Å². The molecule has 0 aromatic heterocycles. The zero-order valence-corrected chi connectivity index (χ0v) is 18.2. The van der Waals surface area contributed by atoms with Crippen LogP contribution in [0.15, 0.2) is 48.5 Å². The number of amides is 2. The normalized spacial score (nSPS) is 15.0. The second-order valence-electron chi connectivity index (χ2n) is 8.49. The highest BCUT2D eigenvalue weighted by Gasteiger charge is 2.33. The summed E-state index contributed by atoms with van der Waals surface area (Å²) in [6, 6.07) is 15.0. The second kappa shape index (κ2) is 9.78. The molecule has 33 heavy (non-hydrogen) atoms. The number of ether oxygens (including phenoxy) is 1. The molecular weight excluding hydrogens is 420 g/mol. The summed E-state index contributed by atoms with van der Waals surface area (Å²) in [5.74, 6) is 0.971. The molecule has 1 unspecified atom stereocenters. The van der Waals surface area contributed by atoms with Crippen LogP contribution in [-0.2, 0) is 14.3 Å². The zero-order valence-electron chi connectivity index (χ0n) is 18.2. The molecule has 7 heteroatoms. The summed E-state index contributed by atoms with van der Waals surface area (Å²) >= 11 is 0. The maximum Gasteiger partial charge on any atom is 0.407 e. The molecule has 0 radical (unpaired) electrons. The van der Waals surface area contributed by atoms with E-state index in [2.05, 4.69) is 11.2 Å². The molecule has 2 aromatic carbocycles. The van der Waals surface area contributed by atoms with Gasteiger partial charge in [0.25, 0.3) is 0 Å². The molecule has 4 rings (SSSR count). The van der Waals surface area contributed by atoms with Gasteiger partial charge < -0.3 is 20.1 Å². The lowest BCUT2D eigenvalue weighted by molar-refractivity contribution is -0.145. The molecule has 7 nitrogen and oxygen atoms in total. The largest absolute Gasteiger partial charge is 0.480 e. The fourth-order valence-corrected chi connectivity index (χ4v) is 4.33. The Kier molecular flexibility index (Phi) is 6.64. The number of nitrogens with zero attached hydrogens (tertiary/aromatic N) is 1. The van der Waals surface area contributed by atoms with Gasteiger partial charge in [-0.1, -0.05) is 48.5 Å². The first-order valence-corrected chi connectivity index (χ1v) is 11.0. The third-order valence-electron chi connectivity index (χ3n) is 6.07. The third kappa shape index (κ3) is 5.17. The van der Waals surface area contributed by atoms with E-state index in [-0.39, 0.29) is 18.9 Å². The van der Waals surface area contributed by atoms with Crippen LogP contribution in [0.3, 0.4) is 0 Å². The zero-order chi connectivity index (χ0) is 23.4. The maximum absolute atomic E-state index is 13.0. The van der Waals surface area contributed by atoms with Gasteiger partial charge in [0.2, 0.25) is 5.91 Å². The SMILES string of the molecule is C#CCC(NC(=O)OCC1c2ccccc2-c2ccccc21)C(=O)N(CC(=O)O)CC1CC1. The smallest absolute Gasteiger partial charge is 0.407 e. The van der Waals surface area contributed by atoms with Crippen molar-refractivity contribution in [1.82, 2.24) is 10.2 Å². The van der Waals surface area contributed by atoms with Gasteiger partial charge in [-0.25, -0.2) is 4.79 Å². The van der Waals surface area contributed by atoms with E-state index in [1.165, 1.54) is 4.90 Å². The maximum atomic E-state index is 13.0. The summed E-state index contributed by atoms with van der Waals surface area (Å²) in [6.45, 7) is 0.0269. The molecule has 0 heterocycles. The van der Waals surface area contributed by atoms with Crippen LogP contribution in [0.5, 0.6) is 0 Å². The van der Waals surface area contributed by atoms with Gasteiger partial charge in [-0.15, -0.1) is 12.3 Å². The van der Waals surface area contributed by atoms with E-state index in [1.807, 2.05) is 48.5 Å². The van der Waals surface area contributed by atoms with Crippen LogP contribution in [-0.4, -0.2) is 53.7 Å². The number of benzene rings is 2. The number of carbonyl (C=O) groups excluding carboxylic acids is 2. The second-order valence-corrected chi connectivity index (χ2v) is 8.49. The number of carboxylic acids is 1. The van der Waals surface area contributed by atoms with E-state index in [0.29, 0.717) is 12.5 Å². The summed E-state index contributed by atoms with van der Waals surface area (Å²) in [7, 11) is 0. The monoisotopic (exact) mass is 446 g/mol. The van der Waals surface area contributed by atoms with Crippen molar-refractivity contribution in [2.45, 2.75) is 31.2 Å². The number of hydrogen-bond acceptors (Lipinski definition) is 4. The van der Waals surface area contributed by atoms with Crippen LogP contribution in [0, 0.1) is 18.3 Å². The molecule has 1 fully saturated rings. The molecule has 0 spiro atoms. The number of carboxylic acid groups (broad SMARTS) is 1. The first-order chi connectivity index (χ1) is 16.0. The van der Waals surface area contributed by atoms with E-state index < -0.39 is 30.6 Å². The van der Waals surface area contributed by atoms with Crippen molar-refractivity contribution in [3.63, 3.8) is 0 Å². The summed E-state index contributed by atoms with van der Waals surface area (Å²) in [5.41, 5.74) is 4.40. The number of fused-ring (bicyclic) bond motifs is 3. The third-order valence-corrected chi connectivity index (χ3v) is 6.07. The number of rotatable bonds is 9. The van der Waals surface area contributed by atoms with Crippen LogP contribution in [0.4, 0.5) is 4.79 Å². The van der Waals surface area contributed by atoms with Gasteiger partial charge in [-0.05, 0) is 41.0 Å². The Bertz CT molecular complexity index is 1060. The van der Waals surface area contributed by atoms with Crippen molar-refractivity contribution in [1.29, 1.82) is 0 Å². The average molecular weight is 447 g/mol. The molecule has 2 aliphatic rings. The topological polar surface area (TPSA) is 95.9 Å². The van der Waals surface area contributed by atoms with E-state index in [4.69, 9.17) is 11.2 Å². The number of carbonyl (C=O) groups is 3. The number of aliphatic carboxylic acids is 1. The van der Waals surface area contributed by atoms with Crippen molar-refractivity contribution in [2.24, 2.45) is 5.92 Å². The Balaban J connectivity index is 1.42.